The molecule has 0 spiro atoms. The number of halogens is 1. The number of rotatable bonds is 4. The van der Waals surface area contributed by atoms with Crippen LogP contribution in [-0.4, -0.2) is 19.5 Å². The molecule has 0 fully saturated rings. The van der Waals surface area contributed by atoms with Gasteiger partial charge in [-0.25, -0.2) is 19.3 Å². The zero-order valence-electron chi connectivity index (χ0n) is 15.0. The summed E-state index contributed by atoms with van der Waals surface area (Å²) in [4.78, 5) is 12.6. The Bertz CT molecular complexity index is 1190. The van der Waals surface area contributed by atoms with Gasteiger partial charge in [0.1, 0.15) is 41.2 Å². The monoisotopic (exact) mass is 373 g/mol. The highest BCUT2D eigenvalue weighted by atomic mass is 19.1. The number of aromatic nitrogens is 4. The van der Waals surface area contributed by atoms with E-state index in [0.29, 0.717) is 17.2 Å². The highest BCUT2D eigenvalue weighted by Crippen LogP contribution is 2.28. The molecule has 0 saturated heterocycles. The largest absolute Gasteiger partial charge is 0.382 e. The van der Waals surface area contributed by atoms with Gasteiger partial charge in [0.05, 0.1) is 17.1 Å². The summed E-state index contributed by atoms with van der Waals surface area (Å²) in [6.07, 6.45) is 1.29. The lowest BCUT2D eigenvalue weighted by molar-refractivity contribution is 0.629. The first kappa shape index (κ1) is 17.4. The number of fused-ring (bicyclic) bond motifs is 1. The fourth-order valence-corrected chi connectivity index (χ4v) is 3.10. The molecule has 3 N–H and O–H groups in total. The van der Waals surface area contributed by atoms with E-state index in [2.05, 4.69) is 20.3 Å². The van der Waals surface area contributed by atoms with E-state index in [9.17, 15) is 9.65 Å². The lowest BCUT2D eigenvalue weighted by Gasteiger charge is -2.17. The molecule has 138 valence electrons. The van der Waals surface area contributed by atoms with Crippen LogP contribution in [0.4, 0.5) is 16.0 Å². The lowest BCUT2D eigenvalue weighted by atomic mass is 10.2. The van der Waals surface area contributed by atoms with E-state index >= 15 is 0 Å². The van der Waals surface area contributed by atoms with Gasteiger partial charge >= 0.3 is 0 Å². The molecule has 4 rings (SSSR count). The summed E-state index contributed by atoms with van der Waals surface area (Å²) in [5.74, 6) is 0.715. The van der Waals surface area contributed by atoms with Crippen LogP contribution in [0, 0.1) is 17.1 Å². The van der Waals surface area contributed by atoms with Crippen LogP contribution < -0.4 is 11.1 Å². The molecule has 0 saturated carbocycles. The fraction of sp³-hybridized carbons (Fsp3) is 0.100. The van der Waals surface area contributed by atoms with E-state index in [1.54, 1.807) is 6.07 Å². The van der Waals surface area contributed by atoms with Crippen molar-refractivity contribution in [2.45, 2.75) is 13.0 Å². The third kappa shape index (κ3) is 2.99. The second-order valence-electron chi connectivity index (χ2n) is 6.23. The molecule has 0 aliphatic carbocycles. The van der Waals surface area contributed by atoms with Crippen molar-refractivity contribution < 1.29 is 4.39 Å². The molecular formula is C20H16FN7. The highest BCUT2D eigenvalue weighted by Gasteiger charge is 2.20. The number of imidazole rings is 1. The highest BCUT2D eigenvalue weighted by molar-refractivity contribution is 5.78. The summed E-state index contributed by atoms with van der Waals surface area (Å²) in [5, 5.41) is 12.5. The minimum atomic E-state index is -0.354. The average Bonchev–Trinajstić information content (AvgIpc) is 3.07. The van der Waals surface area contributed by atoms with Crippen LogP contribution in [0.3, 0.4) is 0 Å². The van der Waals surface area contributed by atoms with Crippen molar-refractivity contribution in [1.29, 1.82) is 5.26 Å². The molecule has 1 atom stereocenters. The van der Waals surface area contributed by atoms with Gasteiger partial charge < -0.3 is 11.1 Å². The van der Waals surface area contributed by atoms with Crippen LogP contribution in [0.2, 0.25) is 0 Å². The van der Waals surface area contributed by atoms with Gasteiger partial charge in [-0.2, -0.15) is 5.26 Å². The van der Waals surface area contributed by atoms with E-state index in [-0.39, 0.29) is 23.2 Å². The predicted molar refractivity (Wildman–Crippen MR) is 104 cm³/mol. The van der Waals surface area contributed by atoms with Gasteiger partial charge in [-0.05, 0) is 31.2 Å². The van der Waals surface area contributed by atoms with Crippen molar-refractivity contribution in [1.82, 2.24) is 19.5 Å². The maximum absolute atomic E-state index is 13.7. The third-order valence-corrected chi connectivity index (χ3v) is 4.39. The van der Waals surface area contributed by atoms with Crippen LogP contribution in [0.25, 0.3) is 16.7 Å². The lowest BCUT2D eigenvalue weighted by Crippen LogP contribution is -2.15. The molecule has 0 radical (unpaired) electrons. The number of nitrogens with zero attached hydrogens (tertiary/aromatic N) is 5. The van der Waals surface area contributed by atoms with E-state index < -0.39 is 0 Å². The van der Waals surface area contributed by atoms with E-state index in [0.717, 1.165) is 11.2 Å². The van der Waals surface area contributed by atoms with Gasteiger partial charge in [0.15, 0.2) is 0 Å². The van der Waals surface area contributed by atoms with Gasteiger partial charge in [0, 0.05) is 11.8 Å². The van der Waals surface area contributed by atoms with Crippen molar-refractivity contribution in [3.05, 3.63) is 72.1 Å². The van der Waals surface area contributed by atoms with Crippen LogP contribution in [-0.2, 0) is 0 Å². The summed E-state index contributed by atoms with van der Waals surface area (Å²) >= 11 is 0. The molecule has 0 bridgehead atoms. The Morgan fingerprint density at radius 1 is 1.18 bits per heavy atom. The number of benzene rings is 2. The van der Waals surface area contributed by atoms with Crippen molar-refractivity contribution in [2.24, 2.45) is 0 Å². The number of anilines is 2. The van der Waals surface area contributed by atoms with E-state index in [4.69, 9.17) is 5.73 Å². The van der Waals surface area contributed by atoms with Gasteiger partial charge in [0.2, 0.25) is 0 Å². The SMILES string of the molecule is CC(Nc1ncnc(N)c1C#N)c1nc2cc(F)ccc2n1-c1ccccc1. The quantitative estimate of drug-likeness (QED) is 0.566. The Morgan fingerprint density at radius 3 is 2.71 bits per heavy atom. The van der Waals surface area contributed by atoms with Gasteiger partial charge in [-0.3, -0.25) is 4.57 Å². The number of hydrogen-bond acceptors (Lipinski definition) is 6. The van der Waals surface area contributed by atoms with E-state index in [1.165, 1.54) is 18.5 Å². The van der Waals surface area contributed by atoms with Crippen molar-refractivity contribution in [2.75, 3.05) is 11.1 Å². The van der Waals surface area contributed by atoms with Crippen molar-refractivity contribution >= 4 is 22.7 Å². The second kappa shape index (κ2) is 6.96. The molecule has 28 heavy (non-hydrogen) atoms. The topological polar surface area (TPSA) is 105 Å². The maximum atomic E-state index is 13.7. The summed E-state index contributed by atoms with van der Waals surface area (Å²) < 4.78 is 15.7. The molecule has 0 aliphatic rings. The molecule has 4 aromatic rings. The number of nitrogens with two attached hydrogens (primary N) is 1. The molecule has 7 nitrogen and oxygen atoms in total. The summed E-state index contributed by atoms with van der Waals surface area (Å²) in [6.45, 7) is 1.89. The predicted octanol–water partition coefficient (Wildman–Crippen LogP) is 3.58. The Morgan fingerprint density at radius 2 is 1.96 bits per heavy atom. The molecular weight excluding hydrogens is 357 g/mol. The molecule has 2 aromatic heterocycles. The Balaban J connectivity index is 1.84. The van der Waals surface area contributed by atoms with Gasteiger partial charge in [-0.15, -0.1) is 0 Å². The zero-order chi connectivity index (χ0) is 19.7. The smallest absolute Gasteiger partial charge is 0.150 e. The Labute approximate surface area is 160 Å². The molecule has 1 unspecified atom stereocenters. The first-order chi connectivity index (χ1) is 13.6. The minimum absolute atomic E-state index is 0.103. The summed E-state index contributed by atoms with van der Waals surface area (Å²) in [6, 6.07) is 15.8. The number of nitrogens with one attached hydrogen (secondary N) is 1. The van der Waals surface area contributed by atoms with Crippen LogP contribution in [0.1, 0.15) is 24.4 Å². The molecule has 2 heterocycles. The van der Waals surface area contributed by atoms with Gasteiger partial charge in [-0.1, -0.05) is 18.2 Å². The number of para-hydroxylation sites is 1. The molecule has 8 heteroatoms. The van der Waals surface area contributed by atoms with Crippen LogP contribution in [0.5, 0.6) is 0 Å². The Hall–Kier alpha value is -3.99. The van der Waals surface area contributed by atoms with Gasteiger partial charge in [0.25, 0.3) is 0 Å². The van der Waals surface area contributed by atoms with Crippen LogP contribution in [0.15, 0.2) is 54.9 Å². The van der Waals surface area contributed by atoms with E-state index in [1.807, 2.05) is 47.9 Å². The van der Waals surface area contributed by atoms with Crippen molar-refractivity contribution in [3.8, 4) is 11.8 Å². The third-order valence-electron chi connectivity index (χ3n) is 4.39. The first-order valence-electron chi connectivity index (χ1n) is 8.59. The molecule has 0 aliphatic heterocycles. The summed E-state index contributed by atoms with van der Waals surface area (Å²) in [5.41, 5.74) is 8.14. The maximum Gasteiger partial charge on any atom is 0.150 e. The molecule has 2 aromatic carbocycles. The fourth-order valence-electron chi connectivity index (χ4n) is 3.10. The zero-order valence-corrected chi connectivity index (χ0v) is 15.0. The van der Waals surface area contributed by atoms with Crippen LogP contribution >= 0.6 is 0 Å². The minimum Gasteiger partial charge on any atom is -0.382 e. The Kier molecular flexibility index (Phi) is 4.33. The summed E-state index contributed by atoms with van der Waals surface area (Å²) in [7, 11) is 0. The number of hydrogen-bond donors (Lipinski definition) is 2. The first-order valence-corrected chi connectivity index (χ1v) is 8.59. The van der Waals surface area contributed by atoms with Crippen molar-refractivity contribution in [3.63, 3.8) is 0 Å². The molecule has 0 amide bonds. The standard InChI is InChI=1S/C20H16FN7/c1-12(26-19-15(10-22)18(23)24-11-25-19)20-27-16-9-13(21)7-8-17(16)28(20)14-5-3-2-4-6-14/h2-9,11-12H,1H3,(H3,23,24,25,26). The normalized spacial score (nSPS) is 11.9. The number of nitriles is 1. The average molecular weight is 373 g/mol. The number of nitrogen functional groups attached to an aromatic ring is 1. The second-order valence-corrected chi connectivity index (χ2v) is 6.23.